The van der Waals surface area contributed by atoms with Gasteiger partial charge in [0, 0.05) is 10.7 Å². The van der Waals surface area contributed by atoms with E-state index in [-0.39, 0.29) is 6.42 Å². The van der Waals surface area contributed by atoms with Crippen LogP contribution >= 0.6 is 11.6 Å². The molecule has 126 valence electrons. The second kappa shape index (κ2) is 5.78. The summed E-state index contributed by atoms with van der Waals surface area (Å²) in [5.41, 5.74) is 0.382. The highest BCUT2D eigenvalue weighted by molar-refractivity contribution is 6.30. The van der Waals surface area contributed by atoms with Crippen LogP contribution in [-0.4, -0.2) is 26.6 Å². The predicted molar refractivity (Wildman–Crippen MR) is 77.4 cm³/mol. The van der Waals surface area contributed by atoms with E-state index in [2.05, 4.69) is 20.7 Å². The maximum absolute atomic E-state index is 12.7. The minimum absolute atomic E-state index is 0.354. The van der Waals surface area contributed by atoms with E-state index in [1.54, 1.807) is 0 Å². The average Bonchev–Trinajstić information content (AvgIpc) is 2.92. The molecular formula is C13H9ClF3N5O2. The summed E-state index contributed by atoms with van der Waals surface area (Å²) in [6.45, 7) is 0. The maximum Gasteiger partial charge on any atom is 0.453 e. The molecule has 1 aliphatic heterocycles. The zero-order valence-corrected chi connectivity index (χ0v) is 12.5. The minimum Gasteiger partial charge on any atom is -0.324 e. The molecule has 2 heterocycles. The van der Waals surface area contributed by atoms with Crippen LogP contribution in [0.2, 0.25) is 5.02 Å². The number of alkyl halides is 3. The van der Waals surface area contributed by atoms with E-state index < -0.39 is 35.8 Å². The number of hydrogen-bond acceptors (Lipinski definition) is 4. The van der Waals surface area contributed by atoms with Gasteiger partial charge in [0.2, 0.25) is 17.8 Å². The molecular weight excluding hydrogens is 351 g/mol. The average molecular weight is 360 g/mol. The molecule has 11 heteroatoms. The summed E-state index contributed by atoms with van der Waals surface area (Å²) in [6, 6.07) is 4.87. The number of halogens is 4. The molecule has 1 unspecified atom stereocenters. The standard InChI is InChI=1S/C13H9ClF3N5O2/c14-6-1-3-7(4-2-6)18-10(24)8-5-9(23)19-12-20-11(13(15,16)17)21-22(8)12/h1-4,8H,5H2,(H,18,24)(H,19,20,21,23). The molecule has 24 heavy (non-hydrogen) atoms. The lowest BCUT2D eigenvalue weighted by molar-refractivity contribution is -0.145. The number of anilines is 2. The number of hydrogen-bond donors (Lipinski definition) is 2. The van der Waals surface area contributed by atoms with Crippen molar-refractivity contribution in [1.82, 2.24) is 14.8 Å². The fourth-order valence-corrected chi connectivity index (χ4v) is 2.27. The molecule has 1 aromatic carbocycles. The minimum atomic E-state index is -4.79. The lowest BCUT2D eigenvalue weighted by Gasteiger charge is -2.22. The summed E-state index contributed by atoms with van der Waals surface area (Å²) < 4.78 is 38.9. The first-order valence-corrected chi connectivity index (χ1v) is 7.02. The van der Waals surface area contributed by atoms with Gasteiger partial charge in [0.05, 0.1) is 6.42 Å². The van der Waals surface area contributed by atoms with Gasteiger partial charge in [-0.05, 0) is 24.3 Å². The topological polar surface area (TPSA) is 88.9 Å². The molecule has 0 radical (unpaired) electrons. The second-order valence-electron chi connectivity index (χ2n) is 4.97. The Morgan fingerprint density at radius 1 is 1.33 bits per heavy atom. The van der Waals surface area contributed by atoms with Crippen molar-refractivity contribution in [3.8, 4) is 0 Å². The van der Waals surface area contributed by atoms with Crippen LogP contribution < -0.4 is 10.6 Å². The molecule has 2 aromatic rings. The number of amides is 2. The van der Waals surface area contributed by atoms with Crippen LogP contribution in [0, 0.1) is 0 Å². The first kappa shape index (κ1) is 16.2. The Bertz CT molecular complexity index is 803. The van der Waals surface area contributed by atoms with Crippen molar-refractivity contribution in [1.29, 1.82) is 0 Å². The predicted octanol–water partition coefficient (Wildman–Crippen LogP) is 2.47. The van der Waals surface area contributed by atoms with E-state index >= 15 is 0 Å². The van der Waals surface area contributed by atoms with E-state index in [0.29, 0.717) is 10.7 Å². The number of carbonyl (C=O) groups excluding carboxylic acids is 2. The van der Waals surface area contributed by atoms with Gasteiger partial charge in [-0.2, -0.15) is 18.2 Å². The fourth-order valence-electron chi connectivity index (χ4n) is 2.15. The van der Waals surface area contributed by atoms with Crippen LogP contribution in [0.1, 0.15) is 18.3 Å². The monoisotopic (exact) mass is 359 g/mol. The van der Waals surface area contributed by atoms with Crippen molar-refractivity contribution < 1.29 is 22.8 Å². The SMILES string of the molecule is O=C1CC(C(=O)Nc2ccc(Cl)cc2)n2nc(C(F)(F)F)nc2N1. The Morgan fingerprint density at radius 2 is 2.00 bits per heavy atom. The molecule has 0 aliphatic carbocycles. The highest BCUT2D eigenvalue weighted by Gasteiger charge is 2.41. The number of aromatic nitrogens is 3. The summed E-state index contributed by atoms with van der Waals surface area (Å²) in [5, 5.41) is 8.42. The molecule has 0 saturated heterocycles. The normalized spacial score (nSPS) is 17.2. The fraction of sp³-hybridized carbons (Fsp3) is 0.231. The number of carbonyl (C=O) groups is 2. The van der Waals surface area contributed by atoms with Crippen LogP contribution in [0.4, 0.5) is 24.8 Å². The van der Waals surface area contributed by atoms with Gasteiger partial charge in [-0.1, -0.05) is 11.6 Å². The van der Waals surface area contributed by atoms with E-state index in [4.69, 9.17) is 11.6 Å². The van der Waals surface area contributed by atoms with Gasteiger partial charge < -0.3 is 5.32 Å². The van der Waals surface area contributed by atoms with Gasteiger partial charge in [-0.25, -0.2) is 4.68 Å². The molecule has 0 fully saturated rings. The Labute approximate surface area is 137 Å². The van der Waals surface area contributed by atoms with Gasteiger partial charge >= 0.3 is 6.18 Å². The van der Waals surface area contributed by atoms with Crippen molar-refractivity contribution in [2.24, 2.45) is 0 Å². The van der Waals surface area contributed by atoms with E-state index in [1.165, 1.54) is 24.3 Å². The van der Waals surface area contributed by atoms with Crippen molar-refractivity contribution in [2.75, 3.05) is 10.6 Å². The van der Waals surface area contributed by atoms with Crippen LogP contribution in [0.15, 0.2) is 24.3 Å². The summed E-state index contributed by atoms with van der Waals surface area (Å²) in [7, 11) is 0. The Balaban J connectivity index is 1.88. The molecule has 0 spiro atoms. The van der Waals surface area contributed by atoms with Crippen molar-refractivity contribution >= 4 is 35.1 Å². The molecule has 1 aliphatic rings. The van der Waals surface area contributed by atoms with Crippen molar-refractivity contribution in [2.45, 2.75) is 18.6 Å². The molecule has 1 atom stereocenters. The highest BCUT2D eigenvalue weighted by atomic mass is 35.5. The highest BCUT2D eigenvalue weighted by Crippen LogP contribution is 2.31. The molecule has 2 N–H and O–H groups in total. The van der Waals surface area contributed by atoms with Crippen LogP contribution in [0.5, 0.6) is 0 Å². The number of fused-ring (bicyclic) bond motifs is 1. The van der Waals surface area contributed by atoms with Crippen LogP contribution in [0.3, 0.4) is 0 Å². The first-order valence-electron chi connectivity index (χ1n) is 6.64. The Morgan fingerprint density at radius 3 is 2.62 bits per heavy atom. The van der Waals surface area contributed by atoms with Crippen LogP contribution in [0.25, 0.3) is 0 Å². The maximum atomic E-state index is 12.7. The number of benzene rings is 1. The largest absolute Gasteiger partial charge is 0.453 e. The lowest BCUT2D eigenvalue weighted by atomic mass is 10.1. The zero-order valence-electron chi connectivity index (χ0n) is 11.8. The number of nitrogens with zero attached hydrogens (tertiary/aromatic N) is 3. The third-order valence-electron chi connectivity index (χ3n) is 3.22. The Hall–Kier alpha value is -2.62. The van der Waals surface area contributed by atoms with E-state index in [9.17, 15) is 22.8 Å². The van der Waals surface area contributed by atoms with E-state index in [0.717, 1.165) is 4.68 Å². The van der Waals surface area contributed by atoms with Gasteiger partial charge in [-0.3, -0.25) is 14.9 Å². The molecule has 7 nitrogen and oxygen atoms in total. The van der Waals surface area contributed by atoms with Gasteiger partial charge in [0.25, 0.3) is 5.82 Å². The Kier molecular flexibility index (Phi) is 3.91. The van der Waals surface area contributed by atoms with Gasteiger partial charge in [-0.15, -0.1) is 5.10 Å². The van der Waals surface area contributed by atoms with E-state index in [1.807, 2.05) is 0 Å². The summed E-state index contributed by atoms with van der Waals surface area (Å²) in [5.74, 6) is -3.16. The summed E-state index contributed by atoms with van der Waals surface area (Å²) >= 11 is 5.73. The summed E-state index contributed by atoms with van der Waals surface area (Å²) in [6.07, 6.45) is -5.14. The second-order valence-corrected chi connectivity index (χ2v) is 5.40. The first-order chi connectivity index (χ1) is 11.2. The van der Waals surface area contributed by atoms with Gasteiger partial charge in [0.1, 0.15) is 6.04 Å². The van der Waals surface area contributed by atoms with Crippen LogP contribution in [-0.2, 0) is 15.8 Å². The third kappa shape index (κ3) is 3.18. The molecule has 3 rings (SSSR count). The molecule has 0 bridgehead atoms. The lowest BCUT2D eigenvalue weighted by Crippen LogP contribution is -2.36. The van der Waals surface area contributed by atoms with Crippen molar-refractivity contribution in [3.63, 3.8) is 0 Å². The smallest absolute Gasteiger partial charge is 0.324 e. The van der Waals surface area contributed by atoms with Crippen molar-refractivity contribution in [3.05, 3.63) is 35.1 Å². The third-order valence-corrected chi connectivity index (χ3v) is 3.48. The zero-order chi connectivity index (χ0) is 17.5. The number of nitrogens with one attached hydrogen (secondary N) is 2. The van der Waals surface area contributed by atoms with Gasteiger partial charge in [0.15, 0.2) is 0 Å². The molecule has 2 amide bonds. The summed E-state index contributed by atoms with van der Waals surface area (Å²) in [4.78, 5) is 27.2. The number of rotatable bonds is 2. The molecule has 1 aromatic heterocycles. The quantitative estimate of drug-likeness (QED) is 0.862. The molecule has 0 saturated carbocycles.